The molecule has 2 aliphatic heterocycles. The van der Waals surface area contributed by atoms with E-state index < -0.39 is 0 Å². The zero-order valence-corrected chi connectivity index (χ0v) is 11.3. The molecular weight excluding hydrogens is 208 g/mol. The molecule has 1 heteroatoms. The third kappa shape index (κ3) is 0.999. The first-order chi connectivity index (χ1) is 7.82. The van der Waals surface area contributed by atoms with E-state index in [4.69, 9.17) is 4.74 Å². The van der Waals surface area contributed by atoms with Gasteiger partial charge in [-0.1, -0.05) is 25.6 Å². The van der Waals surface area contributed by atoms with Crippen LogP contribution >= 0.6 is 0 Å². The van der Waals surface area contributed by atoms with Crippen LogP contribution in [0.2, 0.25) is 0 Å². The Morgan fingerprint density at radius 1 is 1.12 bits per heavy atom. The summed E-state index contributed by atoms with van der Waals surface area (Å²) < 4.78 is 6.40. The topological polar surface area (TPSA) is 9.23 Å². The number of hydrogen-bond donors (Lipinski definition) is 0. The molecule has 1 unspecified atom stereocenters. The summed E-state index contributed by atoms with van der Waals surface area (Å²) in [5, 5.41) is 0. The van der Waals surface area contributed by atoms with Crippen molar-refractivity contribution >= 4 is 0 Å². The van der Waals surface area contributed by atoms with Gasteiger partial charge in [0.05, 0.1) is 5.60 Å². The summed E-state index contributed by atoms with van der Waals surface area (Å²) in [5.74, 6) is 0.389. The summed E-state index contributed by atoms with van der Waals surface area (Å²) >= 11 is 0. The van der Waals surface area contributed by atoms with Crippen LogP contribution in [0.25, 0.3) is 0 Å². The summed E-state index contributed by atoms with van der Waals surface area (Å²) in [4.78, 5) is 0. The van der Waals surface area contributed by atoms with E-state index in [1.165, 1.54) is 27.8 Å². The number of aryl methyl sites for hydroxylation is 2. The number of fused-ring (bicyclic) bond motifs is 5. The van der Waals surface area contributed by atoms with Crippen LogP contribution in [0.5, 0.6) is 0 Å². The lowest BCUT2D eigenvalue weighted by molar-refractivity contribution is -0.0709. The highest BCUT2D eigenvalue weighted by Crippen LogP contribution is 2.64. The Bertz CT molecular complexity index is 543. The van der Waals surface area contributed by atoms with E-state index in [1.807, 2.05) is 0 Å². The van der Waals surface area contributed by atoms with Gasteiger partial charge in [0.2, 0.25) is 0 Å². The van der Waals surface area contributed by atoms with Gasteiger partial charge < -0.3 is 4.74 Å². The van der Waals surface area contributed by atoms with Crippen molar-refractivity contribution in [2.75, 3.05) is 0 Å². The van der Waals surface area contributed by atoms with Gasteiger partial charge in [-0.2, -0.15) is 0 Å². The number of benzene rings is 1. The molecule has 1 aromatic rings. The van der Waals surface area contributed by atoms with Crippen LogP contribution in [-0.4, -0.2) is 0 Å². The Morgan fingerprint density at radius 2 is 1.65 bits per heavy atom. The fraction of sp³-hybridized carbons (Fsp3) is 0.500. The first kappa shape index (κ1) is 11.0. The summed E-state index contributed by atoms with van der Waals surface area (Å²) in [6.07, 6.45) is 0. The lowest BCUT2D eigenvalue weighted by Gasteiger charge is -2.33. The van der Waals surface area contributed by atoms with Crippen molar-refractivity contribution in [3.63, 3.8) is 0 Å². The number of rotatable bonds is 0. The van der Waals surface area contributed by atoms with E-state index in [9.17, 15) is 0 Å². The first-order valence-corrected chi connectivity index (χ1v) is 6.33. The molecule has 0 spiro atoms. The molecule has 0 amide bonds. The minimum absolute atomic E-state index is 0.183. The van der Waals surface area contributed by atoms with Crippen molar-refractivity contribution in [3.05, 3.63) is 46.5 Å². The average molecular weight is 228 g/mol. The van der Waals surface area contributed by atoms with Crippen LogP contribution in [0.4, 0.5) is 0 Å². The maximum atomic E-state index is 6.40. The van der Waals surface area contributed by atoms with Crippen LogP contribution in [-0.2, 0) is 15.9 Å². The van der Waals surface area contributed by atoms with Crippen LogP contribution < -0.4 is 0 Å². The second kappa shape index (κ2) is 2.84. The van der Waals surface area contributed by atoms with Crippen LogP contribution in [0.3, 0.4) is 0 Å². The summed E-state index contributed by atoms with van der Waals surface area (Å²) in [6.45, 7) is 15.3. The van der Waals surface area contributed by atoms with Gasteiger partial charge in [-0.05, 0) is 55.5 Å². The van der Waals surface area contributed by atoms with E-state index in [0.717, 1.165) is 0 Å². The van der Waals surface area contributed by atoms with Gasteiger partial charge in [-0.25, -0.2) is 0 Å². The normalized spacial score (nSPS) is 38.6. The molecule has 3 rings (SSSR count). The van der Waals surface area contributed by atoms with Gasteiger partial charge >= 0.3 is 0 Å². The molecule has 0 aliphatic carbocycles. The van der Waals surface area contributed by atoms with E-state index >= 15 is 0 Å². The highest BCUT2D eigenvalue weighted by Gasteiger charge is 2.61. The minimum atomic E-state index is -0.278. The van der Waals surface area contributed by atoms with E-state index in [-0.39, 0.29) is 11.2 Å². The van der Waals surface area contributed by atoms with E-state index in [1.54, 1.807) is 0 Å². The zero-order valence-electron chi connectivity index (χ0n) is 11.3. The molecule has 0 aromatic heterocycles. The lowest BCUT2D eigenvalue weighted by Crippen LogP contribution is -2.30. The minimum Gasteiger partial charge on any atom is -0.355 e. The van der Waals surface area contributed by atoms with Gasteiger partial charge in [0.1, 0.15) is 5.60 Å². The molecule has 1 fully saturated rings. The zero-order chi connectivity index (χ0) is 12.6. The average Bonchev–Trinajstić information content (AvgIpc) is 2.61. The van der Waals surface area contributed by atoms with Gasteiger partial charge in [0.25, 0.3) is 0 Å². The molecular formula is C16H20O. The molecule has 17 heavy (non-hydrogen) atoms. The van der Waals surface area contributed by atoms with Crippen LogP contribution in [0.1, 0.15) is 43.0 Å². The Morgan fingerprint density at radius 3 is 2.24 bits per heavy atom. The van der Waals surface area contributed by atoms with Crippen molar-refractivity contribution in [1.29, 1.82) is 0 Å². The molecule has 3 atom stereocenters. The summed E-state index contributed by atoms with van der Waals surface area (Å²) in [5.41, 5.74) is 6.20. The Kier molecular flexibility index (Phi) is 1.84. The SMILES string of the molecule is C=C1C(C)[C@@]2(C)O[C@]1(C)c1c(C)ccc(C)c12. The third-order valence-corrected chi connectivity index (χ3v) is 4.97. The second-order valence-corrected chi connectivity index (χ2v) is 5.94. The van der Waals surface area contributed by atoms with Crippen LogP contribution in [0.15, 0.2) is 24.3 Å². The Hall–Kier alpha value is -1.08. The molecule has 90 valence electrons. The smallest absolute Gasteiger partial charge is 0.113 e. The maximum Gasteiger partial charge on any atom is 0.113 e. The summed E-state index contributed by atoms with van der Waals surface area (Å²) in [6, 6.07) is 4.41. The van der Waals surface area contributed by atoms with Gasteiger partial charge in [-0.15, -0.1) is 0 Å². The van der Waals surface area contributed by atoms with Crippen molar-refractivity contribution in [2.24, 2.45) is 5.92 Å². The molecule has 0 saturated carbocycles. The largest absolute Gasteiger partial charge is 0.355 e. The van der Waals surface area contributed by atoms with Gasteiger partial charge in [-0.3, -0.25) is 0 Å². The molecule has 1 nitrogen and oxygen atoms in total. The molecule has 0 N–H and O–H groups in total. The maximum absolute atomic E-state index is 6.40. The number of ether oxygens (including phenoxy) is 1. The Balaban J connectivity index is 2.43. The van der Waals surface area contributed by atoms with E-state index in [2.05, 4.69) is 53.3 Å². The van der Waals surface area contributed by atoms with Gasteiger partial charge in [0.15, 0.2) is 0 Å². The second-order valence-electron chi connectivity index (χ2n) is 5.94. The van der Waals surface area contributed by atoms with Crippen molar-refractivity contribution in [2.45, 2.75) is 45.8 Å². The molecule has 2 aliphatic rings. The lowest BCUT2D eigenvalue weighted by atomic mass is 9.67. The number of hydrogen-bond acceptors (Lipinski definition) is 1. The molecule has 1 saturated heterocycles. The van der Waals surface area contributed by atoms with Crippen molar-refractivity contribution < 1.29 is 4.74 Å². The van der Waals surface area contributed by atoms with E-state index in [0.29, 0.717) is 5.92 Å². The molecule has 2 heterocycles. The standard InChI is InChI=1S/C16H20O/c1-9-7-8-10(2)14-13(9)15(5)11(3)12(4)16(14,6)17-15/h7-8,12H,3H2,1-2,4-6H3/t12?,15-,16+/m0/s1. The quantitative estimate of drug-likeness (QED) is 0.610. The highest BCUT2D eigenvalue weighted by molar-refractivity contribution is 5.58. The molecule has 2 bridgehead atoms. The predicted octanol–water partition coefficient (Wildman–Crippen LogP) is 3.97. The molecule has 1 aromatic carbocycles. The van der Waals surface area contributed by atoms with Crippen molar-refractivity contribution in [1.82, 2.24) is 0 Å². The third-order valence-electron chi connectivity index (χ3n) is 4.97. The monoisotopic (exact) mass is 228 g/mol. The summed E-state index contributed by atoms with van der Waals surface area (Å²) in [7, 11) is 0. The van der Waals surface area contributed by atoms with Crippen molar-refractivity contribution in [3.8, 4) is 0 Å². The Labute approximate surface area is 103 Å². The predicted molar refractivity (Wildman–Crippen MR) is 70.0 cm³/mol. The first-order valence-electron chi connectivity index (χ1n) is 6.33. The molecule has 0 radical (unpaired) electrons. The fourth-order valence-corrected chi connectivity index (χ4v) is 3.87. The fourth-order valence-electron chi connectivity index (χ4n) is 3.87. The van der Waals surface area contributed by atoms with Gasteiger partial charge in [0, 0.05) is 5.92 Å². The van der Waals surface area contributed by atoms with Crippen LogP contribution in [0, 0.1) is 19.8 Å². The highest BCUT2D eigenvalue weighted by atomic mass is 16.5.